The molecule has 0 radical (unpaired) electrons. The van der Waals surface area contributed by atoms with E-state index in [1.54, 1.807) is 4.90 Å². The maximum atomic E-state index is 12.9. The topological polar surface area (TPSA) is 91.0 Å². The molecule has 2 N–H and O–H groups in total. The van der Waals surface area contributed by atoms with E-state index in [2.05, 4.69) is 15.5 Å². The van der Waals surface area contributed by atoms with Gasteiger partial charge in [-0.2, -0.15) is 0 Å². The van der Waals surface area contributed by atoms with E-state index in [0.717, 1.165) is 57.4 Å². The normalized spacial score (nSPS) is 25.9. The van der Waals surface area contributed by atoms with E-state index in [9.17, 15) is 14.4 Å². The summed E-state index contributed by atoms with van der Waals surface area (Å²) in [6.07, 6.45) is 3.89. The molecular formula is C23H32N4O4. The number of amides is 4. The Kier molecular flexibility index (Phi) is 6.46. The van der Waals surface area contributed by atoms with Gasteiger partial charge in [0.15, 0.2) is 0 Å². The fourth-order valence-electron chi connectivity index (χ4n) is 5.37. The van der Waals surface area contributed by atoms with Gasteiger partial charge in [-0.25, -0.2) is 9.59 Å². The number of benzene rings is 1. The first-order valence-electron chi connectivity index (χ1n) is 11.3. The van der Waals surface area contributed by atoms with Gasteiger partial charge >= 0.3 is 12.1 Å². The first kappa shape index (κ1) is 21.6. The minimum absolute atomic E-state index is 0.0926. The van der Waals surface area contributed by atoms with Crippen molar-refractivity contribution in [3.05, 3.63) is 35.9 Å². The number of nitrogens with one attached hydrogen (secondary N) is 2. The van der Waals surface area contributed by atoms with E-state index in [4.69, 9.17) is 4.74 Å². The third-order valence-corrected chi connectivity index (χ3v) is 7.03. The number of likely N-dealkylation sites (tertiary alicyclic amines) is 2. The van der Waals surface area contributed by atoms with Crippen LogP contribution in [0.4, 0.5) is 9.59 Å². The molecule has 1 aromatic carbocycles. The van der Waals surface area contributed by atoms with Crippen LogP contribution in [0.3, 0.4) is 0 Å². The lowest BCUT2D eigenvalue weighted by atomic mass is 9.73. The van der Waals surface area contributed by atoms with Crippen LogP contribution in [0.2, 0.25) is 0 Å². The molecular weight excluding hydrogens is 396 g/mol. The van der Waals surface area contributed by atoms with Crippen LogP contribution in [0, 0.1) is 5.92 Å². The van der Waals surface area contributed by atoms with Crippen molar-refractivity contribution in [1.82, 2.24) is 20.4 Å². The highest BCUT2D eigenvalue weighted by Crippen LogP contribution is 2.35. The summed E-state index contributed by atoms with van der Waals surface area (Å²) in [6.45, 7) is 5.47. The Morgan fingerprint density at radius 2 is 1.74 bits per heavy atom. The molecule has 0 spiro atoms. The van der Waals surface area contributed by atoms with Crippen LogP contribution in [-0.4, -0.2) is 72.2 Å². The smallest absolute Gasteiger partial charge is 0.409 e. The van der Waals surface area contributed by atoms with Gasteiger partial charge in [-0.05, 0) is 57.2 Å². The van der Waals surface area contributed by atoms with Crippen LogP contribution in [-0.2, 0) is 16.0 Å². The van der Waals surface area contributed by atoms with E-state index >= 15 is 0 Å². The van der Waals surface area contributed by atoms with E-state index in [0.29, 0.717) is 19.1 Å². The highest BCUT2D eigenvalue weighted by molar-refractivity contribution is 6.07. The molecule has 3 fully saturated rings. The van der Waals surface area contributed by atoms with Gasteiger partial charge in [0.2, 0.25) is 0 Å². The average molecular weight is 429 g/mol. The van der Waals surface area contributed by atoms with Crippen molar-refractivity contribution in [1.29, 1.82) is 0 Å². The lowest BCUT2D eigenvalue weighted by molar-refractivity contribution is -0.126. The second kappa shape index (κ2) is 9.26. The number of carbonyl (C=O) groups excluding carboxylic acids is 3. The van der Waals surface area contributed by atoms with Crippen LogP contribution >= 0.6 is 0 Å². The number of urea groups is 1. The van der Waals surface area contributed by atoms with Crippen molar-refractivity contribution in [2.45, 2.75) is 50.6 Å². The molecule has 0 saturated carbocycles. The molecule has 3 saturated heterocycles. The molecule has 31 heavy (non-hydrogen) atoms. The average Bonchev–Trinajstić information content (AvgIpc) is 3.08. The SMILES string of the molecule is CCOC(=O)N1CCC(N2CCC(C3(Cc4ccccc4)NC(=O)NC3=O)CC2)CC1. The number of piperidine rings is 2. The fourth-order valence-corrected chi connectivity index (χ4v) is 5.37. The minimum atomic E-state index is -0.877. The fraction of sp³-hybridized carbons (Fsp3) is 0.609. The van der Waals surface area contributed by atoms with E-state index in [1.807, 2.05) is 37.3 Å². The molecule has 1 unspecified atom stereocenters. The third kappa shape index (κ3) is 4.54. The van der Waals surface area contributed by atoms with Gasteiger partial charge in [0.1, 0.15) is 5.54 Å². The van der Waals surface area contributed by atoms with Crippen molar-refractivity contribution in [3.8, 4) is 0 Å². The van der Waals surface area contributed by atoms with Crippen LogP contribution in [0.15, 0.2) is 30.3 Å². The van der Waals surface area contributed by atoms with Gasteiger partial charge in [0.25, 0.3) is 5.91 Å². The van der Waals surface area contributed by atoms with Crippen molar-refractivity contribution in [3.63, 3.8) is 0 Å². The number of carbonyl (C=O) groups is 3. The van der Waals surface area contributed by atoms with Crippen molar-refractivity contribution in [2.75, 3.05) is 32.8 Å². The van der Waals surface area contributed by atoms with Crippen LogP contribution in [0.1, 0.15) is 38.2 Å². The molecule has 0 bridgehead atoms. The Balaban J connectivity index is 1.37. The molecule has 3 heterocycles. The molecule has 8 heteroatoms. The number of rotatable bonds is 5. The first-order chi connectivity index (χ1) is 15.0. The highest BCUT2D eigenvalue weighted by atomic mass is 16.6. The Morgan fingerprint density at radius 1 is 1.06 bits per heavy atom. The lowest BCUT2D eigenvalue weighted by Gasteiger charge is -2.45. The second-order valence-electron chi connectivity index (χ2n) is 8.77. The van der Waals surface area contributed by atoms with Crippen molar-refractivity contribution in [2.24, 2.45) is 5.92 Å². The van der Waals surface area contributed by atoms with Gasteiger partial charge in [-0.3, -0.25) is 10.1 Å². The van der Waals surface area contributed by atoms with Gasteiger partial charge in [-0.15, -0.1) is 0 Å². The van der Waals surface area contributed by atoms with Gasteiger partial charge in [0, 0.05) is 25.6 Å². The number of hydrogen-bond acceptors (Lipinski definition) is 5. The van der Waals surface area contributed by atoms with E-state index in [-0.39, 0.29) is 17.9 Å². The number of imide groups is 1. The Hall–Kier alpha value is -2.61. The van der Waals surface area contributed by atoms with Gasteiger partial charge in [-0.1, -0.05) is 30.3 Å². The molecule has 4 amide bonds. The first-order valence-corrected chi connectivity index (χ1v) is 11.3. The van der Waals surface area contributed by atoms with Crippen LogP contribution in [0.5, 0.6) is 0 Å². The summed E-state index contributed by atoms with van der Waals surface area (Å²) in [5.41, 5.74) is 0.172. The highest BCUT2D eigenvalue weighted by Gasteiger charge is 2.52. The maximum Gasteiger partial charge on any atom is 0.409 e. The largest absolute Gasteiger partial charge is 0.450 e. The molecule has 4 rings (SSSR count). The Morgan fingerprint density at radius 3 is 2.32 bits per heavy atom. The van der Waals surface area contributed by atoms with Crippen molar-refractivity contribution >= 4 is 18.0 Å². The molecule has 3 aliphatic heterocycles. The molecule has 0 aliphatic carbocycles. The van der Waals surface area contributed by atoms with Crippen LogP contribution in [0.25, 0.3) is 0 Å². The van der Waals surface area contributed by atoms with Gasteiger partial charge < -0.3 is 19.9 Å². The zero-order chi connectivity index (χ0) is 21.8. The standard InChI is InChI=1S/C23H32N4O4/c1-2-31-22(30)27-14-10-19(11-15-27)26-12-8-18(9-13-26)23(20(28)24-21(29)25-23)16-17-6-4-3-5-7-17/h3-7,18-19H,2,8-16H2,1H3,(H2,24,25,28,29). The quantitative estimate of drug-likeness (QED) is 0.702. The number of ether oxygens (including phenoxy) is 1. The molecule has 1 aromatic rings. The third-order valence-electron chi connectivity index (χ3n) is 7.03. The second-order valence-corrected chi connectivity index (χ2v) is 8.77. The summed E-state index contributed by atoms with van der Waals surface area (Å²) in [5.74, 6) is -0.113. The number of hydrogen-bond donors (Lipinski definition) is 2. The molecule has 168 valence electrons. The monoisotopic (exact) mass is 428 g/mol. The summed E-state index contributed by atoms with van der Waals surface area (Å²) < 4.78 is 5.11. The molecule has 3 aliphatic rings. The zero-order valence-corrected chi connectivity index (χ0v) is 18.1. The van der Waals surface area contributed by atoms with Crippen molar-refractivity contribution < 1.29 is 19.1 Å². The minimum Gasteiger partial charge on any atom is -0.450 e. The predicted octanol–water partition coefficient (Wildman–Crippen LogP) is 2.14. The molecule has 0 aromatic heterocycles. The van der Waals surface area contributed by atoms with Crippen LogP contribution < -0.4 is 10.6 Å². The summed E-state index contributed by atoms with van der Waals surface area (Å²) >= 11 is 0. The summed E-state index contributed by atoms with van der Waals surface area (Å²) in [4.78, 5) is 41.2. The Labute approximate surface area is 183 Å². The number of nitrogens with zero attached hydrogens (tertiary/aromatic N) is 2. The predicted molar refractivity (Wildman–Crippen MR) is 115 cm³/mol. The van der Waals surface area contributed by atoms with E-state index < -0.39 is 11.6 Å². The summed E-state index contributed by atoms with van der Waals surface area (Å²) in [5, 5.41) is 5.46. The maximum absolute atomic E-state index is 12.9. The molecule has 8 nitrogen and oxygen atoms in total. The molecule has 1 atom stereocenters. The Bertz CT molecular complexity index is 801. The lowest BCUT2D eigenvalue weighted by Crippen LogP contribution is -2.58. The zero-order valence-electron chi connectivity index (χ0n) is 18.1. The van der Waals surface area contributed by atoms with Gasteiger partial charge in [0.05, 0.1) is 6.61 Å². The summed E-state index contributed by atoms with van der Waals surface area (Å²) in [7, 11) is 0. The van der Waals surface area contributed by atoms with E-state index in [1.165, 1.54) is 0 Å². The summed E-state index contributed by atoms with van der Waals surface area (Å²) in [6, 6.07) is 9.94.